The molecule has 0 radical (unpaired) electrons. The van der Waals surface area contributed by atoms with E-state index in [9.17, 15) is 55.5 Å². The Labute approximate surface area is 407 Å². The maximum absolute atomic E-state index is 12.6. The van der Waals surface area contributed by atoms with E-state index < -0.39 is 152 Å². The minimum Gasteiger partial charge on any atom is -0.459 e. The van der Waals surface area contributed by atoms with Gasteiger partial charge in [0.25, 0.3) is 0 Å². The SMILES string of the molecule is CC(=O)O[C@H]1C[C@H](O[C@H]2[C@@H](O)C[C@H](O[C@H]3[C@@H](O)C[C@H](O[C@H]4CC[C@@]5(C)C(CCC6[C@@H]5C[C@@H](O)[C@]5(C)[C@@H](C7=CC(=O)OC7)[C@@H](O)C[C@]65O)C4)O[C@@H]3C)O[C@@H]2C)O[C@H](C)[C@H]1O[C@H]1O[C@H](CO)[C@@H](O)[C@H](O)[C@H]1O. The van der Waals surface area contributed by atoms with Crippen molar-refractivity contribution in [2.24, 2.45) is 34.5 Å². The average molecular weight is 1000 g/mol. The number of aliphatic hydroxyl groups excluding tert-OH is 8. The standard InChI is InChI=1S/C49H76O21/c1-20-43(68-37-15-30(53)44(21(2)63-37)69-38-16-32(65-23(4)51)45(22(3)64-38)70-46-42(59)41(58)40(57)33(18-50)67-46)29(52)14-36(62-20)66-26-9-10-47(5)25(12-26)7-8-27-28(47)13-34(55)48(6)39(24-11-35(56)61-19-24)31(54)17-49(27,48)60/h11,20-22,25-34,36-46,50,52-55,57-60H,7-10,12-19H2,1-6H3/t20-,21-,22-,25?,26+,27?,28+,29+,30+,31+,32+,33-,34-,36+,37+,38+,39+,40-,41+,42-,43-,44-,45-,46-,47+,48-,49+/m1/s1. The summed E-state index contributed by atoms with van der Waals surface area (Å²) in [5, 5.41) is 99.5. The molecule has 398 valence electrons. The smallest absolute Gasteiger partial charge is 0.331 e. The molecule has 0 bridgehead atoms. The second kappa shape index (κ2) is 20.3. The maximum atomic E-state index is 12.6. The van der Waals surface area contributed by atoms with Gasteiger partial charge in [-0.15, -0.1) is 0 Å². The summed E-state index contributed by atoms with van der Waals surface area (Å²) in [6.45, 7) is 9.87. The first-order valence-corrected chi connectivity index (χ1v) is 25.4. The lowest BCUT2D eigenvalue weighted by molar-refractivity contribution is -0.355. The summed E-state index contributed by atoms with van der Waals surface area (Å²) in [6.07, 6.45) is -14.3. The van der Waals surface area contributed by atoms with Gasteiger partial charge in [-0.05, 0) is 88.0 Å². The van der Waals surface area contributed by atoms with Crippen LogP contribution in [-0.2, 0) is 57.0 Å². The number of carbonyl (C=O) groups excluding carboxylic acids is 2. The van der Waals surface area contributed by atoms with Crippen LogP contribution in [0.5, 0.6) is 0 Å². The van der Waals surface area contributed by atoms with Crippen LogP contribution in [0.1, 0.15) is 106 Å². The lowest BCUT2D eigenvalue weighted by Gasteiger charge is -2.65. The Balaban J connectivity index is 0.756. The summed E-state index contributed by atoms with van der Waals surface area (Å²) in [5.41, 5.74) is -1.92. The van der Waals surface area contributed by atoms with Gasteiger partial charge in [0.15, 0.2) is 25.2 Å². The number of hydrogen-bond donors (Lipinski definition) is 9. The largest absolute Gasteiger partial charge is 0.459 e. The summed E-state index contributed by atoms with van der Waals surface area (Å²) < 4.78 is 59.9. The molecule has 21 heteroatoms. The monoisotopic (exact) mass is 1000 g/mol. The van der Waals surface area contributed by atoms with Crippen LogP contribution in [-0.4, -0.2) is 200 Å². The van der Waals surface area contributed by atoms with Gasteiger partial charge in [0, 0.05) is 50.0 Å². The van der Waals surface area contributed by atoms with Crippen LogP contribution in [0, 0.1) is 34.5 Å². The van der Waals surface area contributed by atoms with Crippen molar-refractivity contribution < 1.29 is 103 Å². The van der Waals surface area contributed by atoms with Crippen LogP contribution in [0.2, 0.25) is 0 Å². The predicted octanol–water partition coefficient (Wildman–Crippen LogP) is -0.416. The third-order valence-electron chi connectivity index (χ3n) is 18.3. The zero-order chi connectivity index (χ0) is 50.4. The Morgan fingerprint density at radius 2 is 1.33 bits per heavy atom. The molecular weight excluding hydrogens is 925 g/mol. The van der Waals surface area contributed by atoms with Gasteiger partial charge in [-0.25, -0.2) is 4.79 Å². The molecule has 9 rings (SSSR count). The fourth-order valence-corrected chi connectivity index (χ4v) is 14.7. The zero-order valence-electron chi connectivity index (χ0n) is 40.8. The third kappa shape index (κ3) is 9.43. The topological polar surface area (TPSA) is 309 Å². The quantitative estimate of drug-likeness (QED) is 0.0938. The number of fused-ring (bicyclic) bond motifs is 5. The Hall–Kier alpha value is -2.00. The summed E-state index contributed by atoms with van der Waals surface area (Å²) in [5.74, 6) is -1.55. The third-order valence-corrected chi connectivity index (χ3v) is 18.3. The molecule has 4 saturated carbocycles. The Morgan fingerprint density at radius 3 is 1.91 bits per heavy atom. The minimum absolute atomic E-state index is 0.0175. The van der Waals surface area contributed by atoms with E-state index >= 15 is 0 Å². The van der Waals surface area contributed by atoms with Crippen LogP contribution in [0.15, 0.2) is 11.6 Å². The van der Waals surface area contributed by atoms with Gasteiger partial charge in [-0.1, -0.05) is 13.8 Å². The van der Waals surface area contributed by atoms with Crippen molar-refractivity contribution in [3.8, 4) is 0 Å². The molecule has 0 aromatic rings. The summed E-state index contributed by atoms with van der Waals surface area (Å²) in [6, 6.07) is 0. The molecule has 4 saturated heterocycles. The first-order valence-electron chi connectivity index (χ1n) is 25.4. The van der Waals surface area contributed by atoms with Crippen LogP contribution < -0.4 is 0 Å². The number of rotatable bonds is 11. The normalized spacial score (nSPS) is 53.8. The molecule has 27 atom stereocenters. The second-order valence-electron chi connectivity index (χ2n) is 22.4. The van der Waals surface area contributed by atoms with Gasteiger partial charge in [-0.3, -0.25) is 4.79 Å². The van der Waals surface area contributed by atoms with E-state index in [-0.39, 0.29) is 61.6 Å². The summed E-state index contributed by atoms with van der Waals surface area (Å²) >= 11 is 0. The first kappa shape index (κ1) is 52.8. The summed E-state index contributed by atoms with van der Waals surface area (Å²) in [7, 11) is 0. The van der Waals surface area contributed by atoms with Crippen molar-refractivity contribution in [1.29, 1.82) is 0 Å². The Bertz CT molecular complexity index is 1880. The highest BCUT2D eigenvalue weighted by atomic mass is 16.8. The second-order valence-corrected chi connectivity index (χ2v) is 22.4. The predicted molar refractivity (Wildman–Crippen MR) is 236 cm³/mol. The van der Waals surface area contributed by atoms with Gasteiger partial charge in [0.2, 0.25) is 0 Å². The molecule has 21 nitrogen and oxygen atoms in total. The van der Waals surface area contributed by atoms with Crippen molar-refractivity contribution in [2.75, 3.05) is 13.2 Å². The van der Waals surface area contributed by atoms with Crippen molar-refractivity contribution in [2.45, 2.75) is 234 Å². The van der Waals surface area contributed by atoms with Crippen LogP contribution >= 0.6 is 0 Å². The van der Waals surface area contributed by atoms with E-state index in [1.54, 1.807) is 20.8 Å². The highest BCUT2D eigenvalue weighted by Crippen LogP contribution is 2.70. The number of aliphatic hydroxyl groups is 9. The number of ether oxygens (including phenoxy) is 10. The minimum atomic E-state index is -1.69. The number of cyclic esters (lactones) is 1. The lowest BCUT2D eigenvalue weighted by atomic mass is 9.42. The molecule has 8 fully saturated rings. The Morgan fingerprint density at radius 1 is 0.714 bits per heavy atom. The molecule has 5 aliphatic heterocycles. The fourth-order valence-electron chi connectivity index (χ4n) is 14.7. The summed E-state index contributed by atoms with van der Waals surface area (Å²) in [4.78, 5) is 24.2. The molecule has 4 aliphatic carbocycles. The molecule has 9 aliphatic rings. The number of hydrogen-bond acceptors (Lipinski definition) is 21. The van der Waals surface area contributed by atoms with Gasteiger partial charge in [0.05, 0.1) is 61.0 Å². The van der Waals surface area contributed by atoms with Gasteiger partial charge < -0.3 is 93.3 Å². The molecule has 5 heterocycles. The van der Waals surface area contributed by atoms with Crippen molar-refractivity contribution in [3.05, 3.63) is 11.6 Å². The molecule has 0 aromatic carbocycles. The van der Waals surface area contributed by atoms with E-state index in [1.165, 1.54) is 13.0 Å². The van der Waals surface area contributed by atoms with E-state index in [0.29, 0.717) is 12.0 Å². The number of esters is 2. The van der Waals surface area contributed by atoms with E-state index in [0.717, 1.165) is 32.1 Å². The molecule has 0 spiro atoms. The van der Waals surface area contributed by atoms with Gasteiger partial charge >= 0.3 is 11.9 Å². The maximum Gasteiger partial charge on any atom is 0.331 e. The molecular formula is C49H76O21. The molecule has 9 N–H and O–H groups in total. The molecule has 0 aromatic heterocycles. The van der Waals surface area contributed by atoms with Gasteiger partial charge in [0.1, 0.15) is 55.4 Å². The van der Waals surface area contributed by atoms with Crippen molar-refractivity contribution >= 4 is 11.9 Å². The zero-order valence-corrected chi connectivity index (χ0v) is 40.8. The van der Waals surface area contributed by atoms with E-state index in [4.69, 9.17) is 47.4 Å². The highest BCUT2D eigenvalue weighted by molar-refractivity contribution is 5.85. The van der Waals surface area contributed by atoms with Crippen LogP contribution in [0.25, 0.3) is 0 Å². The van der Waals surface area contributed by atoms with Crippen molar-refractivity contribution in [1.82, 2.24) is 0 Å². The average Bonchev–Trinajstić information content (AvgIpc) is 3.80. The van der Waals surface area contributed by atoms with E-state index in [2.05, 4.69) is 6.92 Å². The number of carbonyl (C=O) groups is 2. The van der Waals surface area contributed by atoms with Crippen LogP contribution in [0.3, 0.4) is 0 Å². The van der Waals surface area contributed by atoms with E-state index in [1.807, 2.05) is 6.92 Å². The molecule has 70 heavy (non-hydrogen) atoms. The van der Waals surface area contributed by atoms with Gasteiger partial charge in [-0.2, -0.15) is 0 Å². The molecule has 0 amide bonds. The lowest BCUT2D eigenvalue weighted by Crippen LogP contribution is -2.67. The Kier molecular flexibility index (Phi) is 15.3. The fraction of sp³-hybridized carbons (Fsp3) is 0.918. The highest BCUT2D eigenvalue weighted by Gasteiger charge is 2.73. The first-order chi connectivity index (χ1) is 33.1. The van der Waals surface area contributed by atoms with Crippen LogP contribution in [0.4, 0.5) is 0 Å². The van der Waals surface area contributed by atoms with Crippen molar-refractivity contribution in [3.63, 3.8) is 0 Å². The molecule has 2 unspecified atom stereocenters.